The molecular weight excluding hydrogens is 493 g/mol. The Morgan fingerprint density at radius 1 is 1.26 bits per heavy atom. The van der Waals surface area contributed by atoms with Crippen molar-refractivity contribution in [1.82, 2.24) is 25.2 Å². The monoisotopic (exact) mass is 514 g/mol. The SMILES string of the molecule is CCn1nnc(-c2ccc(-c3ccc(N4CC(C(O)CF)OC4=O)cc3F)cn2)n1.O=P(O)(O)O. The Labute approximate surface area is 196 Å². The van der Waals surface area contributed by atoms with E-state index in [1.807, 2.05) is 6.92 Å². The van der Waals surface area contributed by atoms with Gasteiger partial charge >= 0.3 is 13.9 Å². The lowest BCUT2D eigenvalue weighted by Crippen LogP contribution is -2.32. The van der Waals surface area contributed by atoms with E-state index >= 15 is 0 Å². The number of ether oxygens (including phenoxy) is 1. The molecule has 188 valence electrons. The number of anilines is 1. The van der Waals surface area contributed by atoms with E-state index in [9.17, 15) is 18.7 Å². The number of hydrogen-bond acceptors (Lipinski definition) is 8. The Morgan fingerprint density at radius 2 is 1.97 bits per heavy atom. The summed E-state index contributed by atoms with van der Waals surface area (Å²) in [6.07, 6.45) is -1.68. The van der Waals surface area contributed by atoms with Crippen LogP contribution in [0.2, 0.25) is 0 Å². The Balaban J connectivity index is 0.000000623. The van der Waals surface area contributed by atoms with Crippen molar-refractivity contribution >= 4 is 19.6 Å². The number of aliphatic hydroxyl groups is 1. The first-order valence-corrected chi connectivity index (χ1v) is 11.6. The number of rotatable bonds is 6. The molecule has 1 amide bonds. The van der Waals surface area contributed by atoms with E-state index in [1.165, 1.54) is 23.1 Å². The van der Waals surface area contributed by atoms with Gasteiger partial charge in [0.25, 0.3) is 0 Å². The number of benzene rings is 1. The highest BCUT2D eigenvalue weighted by Gasteiger charge is 2.37. The minimum atomic E-state index is -4.64. The van der Waals surface area contributed by atoms with Crippen LogP contribution in [0.3, 0.4) is 0 Å². The number of aromatic nitrogens is 5. The topological polar surface area (TPSA) is 184 Å². The molecule has 0 radical (unpaired) electrons. The summed E-state index contributed by atoms with van der Waals surface area (Å²) in [7, 11) is -4.64. The summed E-state index contributed by atoms with van der Waals surface area (Å²) >= 11 is 0. The second-order valence-corrected chi connectivity index (χ2v) is 8.19. The third-order valence-corrected chi connectivity index (χ3v) is 4.73. The number of aliphatic hydroxyl groups excluding tert-OH is 1. The second-order valence-electron chi connectivity index (χ2n) is 7.17. The van der Waals surface area contributed by atoms with E-state index in [4.69, 9.17) is 24.0 Å². The smallest absolute Gasteiger partial charge is 0.441 e. The first-order valence-electron chi connectivity index (χ1n) is 10.0. The van der Waals surface area contributed by atoms with Crippen LogP contribution in [0.5, 0.6) is 0 Å². The third kappa shape index (κ3) is 6.83. The van der Waals surface area contributed by atoms with Crippen molar-refractivity contribution in [2.75, 3.05) is 18.1 Å². The molecule has 16 heteroatoms. The van der Waals surface area contributed by atoms with Crippen LogP contribution in [-0.2, 0) is 15.8 Å². The molecule has 35 heavy (non-hydrogen) atoms. The number of hydrogen-bond donors (Lipinski definition) is 4. The molecule has 2 aromatic heterocycles. The average Bonchev–Trinajstić information content (AvgIpc) is 3.44. The number of pyridine rings is 1. The van der Waals surface area contributed by atoms with Gasteiger partial charge in [-0.25, -0.2) is 18.1 Å². The molecule has 1 aliphatic heterocycles. The lowest BCUT2D eigenvalue weighted by Gasteiger charge is -2.15. The fourth-order valence-corrected chi connectivity index (χ4v) is 3.07. The molecule has 0 spiro atoms. The van der Waals surface area contributed by atoms with E-state index in [-0.39, 0.29) is 17.8 Å². The molecular formula is C19H21F2N6O7P. The Kier molecular flexibility index (Phi) is 8.19. The van der Waals surface area contributed by atoms with Gasteiger partial charge in [0, 0.05) is 17.3 Å². The van der Waals surface area contributed by atoms with Crippen LogP contribution >= 0.6 is 7.82 Å². The van der Waals surface area contributed by atoms with E-state index in [2.05, 4.69) is 20.4 Å². The molecule has 0 saturated carbocycles. The molecule has 1 aromatic carbocycles. The number of phosphoric acid groups is 1. The maximum atomic E-state index is 14.8. The standard InChI is InChI=1S/C19H18F2N6O3.H3O4P/c1-2-27-24-18(23-25-27)15-6-3-11(9-22-15)13-5-4-12(7-14(13)21)26-10-17(16(28)8-20)30-19(26)29;1-5(2,3)4/h3-7,9,16-17,28H,2,8,10H2,1H3;(H3,1,2,3,4). The Hall–Kier alpha value is -3.36. The summed E-state index contributed by atoms with van der Waals surface area (Å²) in [5.41, 5.74) is 1.57. The van der Waals surface area contributed by atoms with Crippen LogP contribution in [0.4, 0.5) is 19.3 Å². The number of alkyl halides is 1. The normalized spacial score (nSPS) is 16.5. The second kappa shape index (κ2) is 10.9. The Bertz CT molecular complexity index is 1210. The number of carbonyl (C=O) groups excluding carboxylic acids is 1. The molecule has 4 rings (SSSR count). The van der Waals surface area contributed by atoms with Crippen molar-refractivity contribution in [3.63, 3.8) is 0 Å². The quantitative estimate of drug-likeness (QED) is 0.348. The molecule has 13 nitrogen and oxygen atoms in total. The molecule has 1 aliphatic rings. The maximum absolute atomic E-state index is 14.8. The lowest BCUT2D eigenvalue weighted by molar-refractivity contribution is 0.0188. The van der Waals surface area contributed by atoms with Crippen molar-refractivity contribution in [3.8, 4) is 22.6 Å². The zero-order valence-electron chi connectivity index (χ0n) is 18.1. The van der Waals surface area contributed by atoms with Gasteiger partial charge < -0.3 is 24.5 Å². The molecule has 2 atom stereocenters. The van der Waals surface area contributed by atoms with Crippen LogP contribution in [0.15, 0.2) is 36.5 Å². The van der Waals surface area contributed by atoms with Gasteiger partial charge in [0.15, 0.2) is 6.10 Å². The summed E-state index contributed by atoms with van der Waals surface area (Å²) in [5, 5.41) is 21.5. The van der Waals surface area contributed by atoms with Crippen LogP contribution < -0.4 is 4.90 Å². The summed E-state index contributed by atoms with van der Waals surface area (Å²) in [4.78, 5) is 40.4. The molecule has 1 saturated heterocycles. The van der Waals surface area contributed by atoms with Crippen LogP contribution in [-0.4, -0.2) is 76.5 Å². The lowest BCUT2D eigenvalue weighted by atomic mass is 10.1. The van der Waals surface area contributed by atoms with Gasteiger partial charge in [-0.3, -0.25) is 9.88 Å². The first kappa shape index (κ1) is 26.2. The fraction of sp³-hybridized carbons (Fsp3) is 0.316. The molecule has 0 aliphatic carbocycles. The highest BCUT2D eigenvalue weighted by Crippen LogP contribution is 2.30. The van der Waals surface area contributed by atoms with Gasteiger partial charge in [-0.15, -0.1) is 10.2 Å². The number of amides is 1. The van der Waals surface area contributed by atoms with Crippen molar-refractivity contribution in [1.29, 1.82) is 0 Å². The zero-order valence-corrected chi connectivity index (χ0v) is 19.0. The first-order chi connectivity index (χ1) is 16.5. The molecule has 3 aromatic rings. The van der Waals surface area contributed by atoms with E-state index in [0.717, 1.165) is 4.90 Å². The van der Waals surface area contributed by atoms with E-state index < -0.39 is 38.6 Å². The molecule has 2 unspecified atom stereocenters. The summed E-state index contributed by atoms with van der Waals surface area (Å²) < 4.78 is 41.2. The number of nitrogens with zero attached hydrogens (tertiary/aromatic N) is 6. The largest absolute Gasteiger partial charge is 0.466 e. The van der Waals surface area contributed by atoms with Gasteiger partial charge in [0.05, 0.1) is 18.8 Å². The summed E-state index contributed by atoms with van der Waals surface area (Å²) in [5.74, 6) is -0.198. The minimum absolute atomic E-state index is 0.0651. The highest BCUT2D eigenvalue weighted by atomic mass is 31.2. The number of cyclic esters (lactones) is 1. The number of tetrazole rings is 1. The molecule has 4 N–H and O–H groups in total. The van der Waals surface area contributed by atoms with Crippen molar-refractivity contribution in [3.05, 3.63) is 42.3 Å². The predicted molar refractivity (Wildman–Crippen MR) is 116 cm³/mol. The van der Waals surface area contributed by atoms with Crippen LogP contribution in [0.25, 0.3) is 22.6 Å². The fourth-order valence-electron chi connectivity index (χ4n) is 3.07. The minimum Gasteiger partial charge on any atom is -0.441 e. The van der Waals surface area contributed by atoms with Gasteiger partial charge in [-0.1, -0.05) is 6.07 Å². The molecule has 1 fully saturated rings. The van der Waals surface area contributed by atoms with Crippen LogP contribution in [0, 0.1) is 5.82 Å². The van der Waals surface area contributed by atoms with Gasteiger partial charge in [-0.2, -0.15) is 4.80 Å². The predicted octanol–water partition coefficient (Wildman–Crippen LogP) is 1.29. The van der Waals surface area contributed by atoms with Gasteiger partial charge in [0.1, 0.15) is 24.3 Å². The van der Waals surface area contributed by atoms with Crippen molar-refractivity contribution < 1.29 is 42.7 Å². The third-order valence-electron chi connectivity index (χ3n) is 4.73. The van der Waals surface area contributed by atoms with E-state index in [0.29, 0.717) is 23.6 Å². The average molecular weight is 514 g/mol. The van der Waals surface area contributed by atoms with Gasteiger partial charge in [-0.05, 0) is 36.4 Å². The van der Waals surface area contributed by atoms with E-state index in [1.54, 1.807) is 18.2 Å². The molecule has 0 bridgehead atoms. The zero-order chi connectivity index (χ0) is 25.8. The van der Waals surface area contributed by atoms with Crippen molar-refractivity contribution in [2.45, 2.75) is 25.7 Å². The maximum Gasteiger partial charge on any atom is 0.466 e. The van der Waals surface area contributed by atoms with Crippen LogP contribution in [0.1, 0.15) is 6.92 Å². The summed E-state index contributed by atoms with van der Waals surface area (Å²) in [6.45, 7) is 1.37. The number of carbonyl (C=O) groups is 1. The highest BCUT2D eigenvalue weighted by molar-refractivity contribution is 7.45. The van der Waals surface area contributed by atoms with Gasteiger partial charge in [0.2, 0.25) is 5.82 Å². The summed E-state index contributed by atoms with van der Waals surface area (Å²) in [6, 6.07) is 7.60. The number of aryl methyl sites for hydroxylation is 1. The number of halogens is 2. The Morgan fingerprint density at radius 3 is 2.51 bits per heavy atom. The van der Waals surface area contributed by atoms with Crippen molar-refractivity contribution in [2.24, 2.45) is 0 Å². The molecule has 3 heterocycles.